The van der Waals surface area contributed by atoms with Gasteiger partial charge in [0.2, 0.25) is 0 Å². The molecule has 2 aromatic carbocycles. The molecule has 10 heteroatoms. The lowest BCUT2D eigenvalue weighted by molar-refractivity contribution is 0.143. The highest BCUT2D eigenvalue weighted by Gasteiger charge is 2.13. The number of nitrogens with zero attached hydrogens (tertiary/aromatic N) is 5. The van der Waals surface area contributed by atoms with Gasteiger partial charge in [-0.05, 0) is 61.9 Å². The third-order valence-electron chi connectivity index (χ3n) is 6.63. The molecule has 0 aliphatic rings. The maximum atomic E-state index is 12.2. The first-order valence-electron chi connectivity index (χ1n) is 13.1. The van der Waals surface area contributed by atoms with Gasteiger partial charge in [-0.15, -0.1) is 0 Å². The first-order valence-corrected chi connectivity index (χ1v) is 13.1. The van der Waals surface area contributed by atoms with Crippen molar-refractivity contribution in [2.75, 3.05) is 19.5 Å². The fraction of sp³-hybridized carbons (Fsp3) is 0.310. The minimum Gasteiger partial charge on any atom is -0.497 e. The molecule has 5 rings (SSSR count). The average Bonchev–Trinajstić information content (AvgIpc) is 3.56. The van der Waals surface area contributed by atoms with Gasteiger partial charge in [0.25, 0.3) is 0 Å². The highest BCUT2D eigenvalue weighted by atomic mass is 16.5. The van der Waals surface area contributed by atoms with Crippen molar-refractivity contribution in [3.05, 3.63) is 66.6 Å². The van der Waals surface area contributed by atoms with Gasteiger partial charge in [0.05, 0.1) is 20.0 Å². The van der Waals surface area contributed by atoms with E-state index in [1.165, 1.54) is 5.39 Å². The number of methoxy groups -OCH3 is 1. The van der Waals surface area contributed by atoms with Crippen LogP contribution >= 0.6 is 0 Å². The standard InChI is InChI=1S/C29H33N7O3/c1-19(2)36-13-11-21-10-9-20(15-24(21)36)17-31-29(37)39-14-5-4-12-35-18-32-25-26(30)33-27(34-28(25)35)22-7-6-8-23(16-22)38-3/h6-11,13,15-16,18-19H,4-5,12,14,17H2,1-3H3,(H,31,37)(H2,30,33,34). The van der Waals surface area contributed by atoms with E-state index in [1.807, 2.05) is 34.9 Å². The summed E-state index contributed by atoms with van der Waals surface area (Å²) in [7, 11) is 1.62. The van der Waals surface area contributed by atoms with Gasteiger partial charge in [0, 0.05) is 36.4 Å². The molecule has 0 atom stereocenters. The molecule has 0 unspecified atom stereocenters. The predicted molar refractivity (Wildman–Crippen MR) is 151 cm³/mol. The van der Waals surface area contributed by atoms with Crippen molar-refractivity contribution >= 4 is 34.0 Å². The van der Waals surface area contributed by atoms with Gasteiger partial charge in [-0.2, -0.15) is 0 Å². The minimum atomic E-state index is -0.425. The number of rotatable bonds is 10. The number of hydrogen-bond donors (Lipinski definition) is 2. The molecule has 0 bridgehead atoms. The molecule has 39 heavy (non-hydrogen) atoms. The van der Waals surface area contributed by atoms with Crippen LogP contribution in [0.2, 0.25) is 0 Å². The third kappa shape index (κ3) is 5.79. The van der Waals surface area contributed by atoms with Crippen LogP contribution in [0.15, 0.2) is 61.1 Å². The molecule has 0 aliphatic carbocycles. The van der Waals surface area contributed by atoms with Crippen LogP contribution in [-0.2, 0) is 17.8 Å². The van der Waals surface area contributed by atoms with Crippen molar-refractivity contribution in [2.45, 2.75) is 45.8 Å². The van der Waals surface area contributed by atoms with Gasteiger partial charge in [-0.25, -0.2) is 19.7 Å². The molecular weight excluding hydrogens is 494 g/mol. The highest BCUT2D eigenvalue weighted by Crippen LogP contribution is 2.25. The lowest BCUT2D eigenvalue weighted by atomic mass is 10.1. The van der Waals surface area contributed by atoms with Crippen LogP contribution in [0.5, 0.6) is 5.75 Å². The molecule has 3 heterocycles. The number of ether oxygens (including phenoxy) is 2. The zero-order valence-electron chi connectivity index (χ0n) is 22.4. The Kier molecular flexibility index (Phi) is 7.62. The number of nitrogen functional groups attached to an aromatic ring is 1. The second-order valence-electron chi connectivity index (χ2n) is 9.68. The number of alkyl carbamates (subject to hydrolysis) is 1. The van der Waals surface area contributed by atoms with Crippen LogP contribution in [-0.4, -0.2) is 43.9 Å². The van der Waals surface area contributed by atoms with Crippen LogP contribution in [0.25, 0.3) is 33.5 Å². The molecule has 3 aromatic heterocycles. The van der Waals surface area contributed by atoms with Gasteiger partial charge in [0.1, 0.15) is 11.3 Å². The number of carbonyl (C=O) groups excluding carboxylic acids is 1. The summed E-state index contributed by atoms with van der Waals surface area (Å²) in [6, 6.07) is 16.2. The summed E-state index contributed by atoms with van der Waals surface area (Å²) < 4.78 is 14.9. The molecule has 0 saturated carbocycles. The van der Waals surface area contributed by atoms with E-state index in [0.717, 1.165) is 28.8 Å². The topological polar surface area (TPSA) is 122 Å². The number of amides is 1. The normalized spacial score (nSPS) is 11.4. The number of aryl methyl sites for hydroxylation is 1. The van der Waals surface area contributed by atoms with Gasteiger partial charge in [0.15, 0.2) is 17.3 Å². The van der Waals surface area contributed by atoms with Crippen molar-refractivity contribution in [1.82, 2.24) is 29.4 Å². The summed E-state index contributed by atoms with van der Waals surface area (Å²) in [5.41, 5.74) is 10.4. The summed E-state index contributed by atoms with van der Waals surface area (Å²) >= 11 is 0. The fourth-order valence-corrected chi connectivity index (χ4v) is 4.55. The first-order chi connectivity index (χ1) is 18.9. The number of unbranched alkanes of at least 4 members (excludes halogenated alkanes) is 1. The fourth-order valence-electron chi connectivity index (χ4n) is 4.55. The second-order valence-corrected chi connectivity index (χ2v) is 9.68. The SMILES string of the molecule is COc1cccc(-c2nc(N)c3ncn(CCCCOC(=O)NCc4ccc5ccn(C(C)C)c5c4)c3n2)c1. The van der Waals surface area contributed by atoms with Gasteiger partial charge >= 0.3 is 6.09 Å². The van der Waals surface area contributed by atoms with Crippen LogP contribution in [0, 0.1) is 0 Å². The molecule has 202 valence electrons. The maximum Gasteiger partial charge on any atom is 0.407 e. The molecule has 3 N–H and O–H groups in total. The Hall–Kier alpha value is -4.60. The van der Waals surface area contributed by atoms with Crippen LogP contribution in [0.1, 0.15) is 38.3 Å². The van der Waals surface area contributed by atoms with Crippen molar-refractivity contribution in [3.63, 3.8) is 0 Å². The van der Waals surface area contributed by atoms with Gasteiger partial charge < -0.3 is 29.7 Å². The molecule has 1 amide bonds. The van der Waals surface area contributed by atoms with E-state index in [4.69, 9.17) is 20.2 Å². The number of fused-ring (bicyclic) bond motifs is 2. The largest absolute Gasteiger partial charge is 0.497 e. The number of imidazole rings is 1. The van der Waals surface area contributed by atoms with Gasteiger partial charge in [-0.1, -0.05) is 24.3 Å². The smallest absolute Gasteiger partial charge is 0.407 e. The van der Waals surface area contributed by atoms with Crippen molar-refractivity contribution in [2.24, 2.45) is 0 Å². The molecule has 5 aromatic rings. The number of anilines is 1. The average molecular weight is 528 g/mol. The Morgan fingerprint density at radius 1 is 1.10 bits per heavy atom. The Balaban J connectivity index is 1.12. The van der Waals surface area contributed by atoms with Crippen molar-refractivity contribution in [3.8, 4) is 17.1 Å². The number of hydrogen-bond acceptors (Lipinski definition) is 7. The Morgan fingerprint density at radius 2 is 1.97 bits per heavy atom. The zero-order chi connectivity index (χ0) is 27.4. The summed E-state index contributed by atoms with van der Waals surface area (Å²) in [6.45, 7) is 5.69. The highest BCUT2D eigenvalue weighted by molar-refractivity contribution is 5.84. The lowest BCUT2D eigenvalue weighted by Crippen LogP contribution is -2.24. The lowest BCUT2D eigenvalue weighted by Gasteiger charge is -2.11. The molecule has 0 fully saturated rings. The molecular formula is C29H33N7O3. The van der Waals surface area contributed by atoms with E-state index in [9.17, 15) is 4.79 Å². The van der Waals surface area contributed by atoms with E-state index >= 15 is 0 Å². The summed E-state index contributed by atoms with van der Waals surface area (Å²) in [5.74, 6) is 1.56. The van der Waals surface area contributed by atoms with Crippen LogP contribution < -0.4 is 15.8 Å². The monoisotopic (exact) mass is 527 g/mol. The number of nitrogens with two attached hydrogens (primary N) is 1. The van der Waals surface area contributed by atoms with E-state index in [0.29, 0.717) is 55.0 Å². The molecule has 0 saturated heterocycles. The predicted octanol–water partition coefficient (Wildman–Crippen LogP) is 5.33. The number of carbonyl (C=O) groups is 1. The Labute approximate surface area is 226 Å². The van der Waals surface area contributed by atoms with Crippen molar-refractivity contribution < 1.29 is 14.3 Å². The molecule has 0 spiro atoms. The van der Waals surface area contributed by atoms with E-state index in [-0.39, 0.29) is 0 Å². The third-order valence-corrected chi connectivity index (χ3v) is 6.63. The van der Waals surface area contributed by atoms with E-state index in [1.54, 1.807) is 13.4 Å². The quantitative estimate of drug-likeness (QED) is 0.236. The molecule has 0 aliphatic heterocycles. The number of nitrogens with one attached hydrogen (secondary N) is 1. The zero-order valence-corrected chi connectivity index (χ0v) is 22.4. The van der Waals surface area contributed by atoms with Gasteiger partial charge in [-0.3, -0.25) is 0 Å². The first kappa shape index (κ1) is 26.0. The van der Waals surface area contributed by atoms with Crippen LogP contribution in [0.4, 0.5) is 10.6 Å². The maximum absolute atomic E-state index is 12.2. The summed E-state index contributed by atoms with van der Waals surface area (Å²) in [4.78, 5) is 25.8. The second kappa shape index (κ2) is 11.4. The number of benzene rings is 2. The van der Waals surface area contributed by atoms with E-state index in [2.05, 4.69) is 58.1 Å². The Bertz CT molecular complexity index is 1610. The minimum absolute atomic E-state index is 0.319. The molecule has 10 nitrogen and oxygen atoms in total. The molecule has 0 radical (unpaired) electrons. The van der Waals surface area contributed by atoms with Crippen LogP contribution in [0.3, 0.4) is 0 Å². The summed E-state index contributed by atoms with van der Waals surface area (Å²) in [6.07, 6.45) is 4.86. The number of aromatic nitrogens is 5. The van der Waals surface area contributed by atoms with Crippen molar-refractivity contribution in [1.29, 1.82) is 0 Å². The van der Waals surface area contributed by atoms with E-state index < -0.39 is 6.09 Å². The Morgan fingerprint density at radius 3 is 2.79 bits per heavy atom. The summed E-state index contributed by atoms with van der Waals surface area (Å²) in [5, 5.41) is 4.03.